The van der Waals surface area contributed by atoms with E-state index in [1.54, 1.807) is 30.8 Å². The topological polar surface area (TPSA) is 125 Å². The molecule has 7 aromatic rings. The summed E-state index contributed by atoms with van der Waals surface area (Å²) in [6.45, 7) is 5.92. The summed E-state index contributed by atoms with van der Waals surface area (Å²) in [6.07, 6.45) is 1.48. The van der Waals surface area contributed by atoms with Crippen molar-refractivity contribution in [2.24, 2.45) is 0 Å². The molecule has 0 spiro atoms. The standard InChI is InChI=1S/C45H42N6O4/c1-5-17-38-46-41(44(2,3)54)39(50(38)30-31-26-28-32(29-27-31)36-24-15-16-25-37(36)40(52)43(53)55-4)42-47-49-51(48-42)45(33-18-9-6-10-19-33,34-20-11-7-12-21-34)35-22-13-8-14-23-35/h6-16,18-29,54H,5,17,30H2,1-4H3. The van der Waals surface area contributed by atoms with E-state index in [1.807, 2.05) is 91.0 Å². The van der Waals surface area contributed by atoms with Crippen molar-refractivity contribution in [3.63, 3.8) is 0 Å². The van der Waals surface area contributed by atoms with Crippen LogP contribution in [0, 0.1) is 0 Å². The number of benzene rings is 5. The number of ketones is 1. The van der Waals surface area contributed by atoms with Gasteiger partial charge >= 0.3 is 5.97 Å². The number of carbonyl (C=O) groups is 2. The molecule has 0 fully saturated rings. The number of hydrogen-bond acceptors (Lipinski definition) is 8. The summed E-state index contributed by atoms with van der Waals surface area (Å²) >= 11 is 0. The lowest BCUT2D eigenvalue weighted by Gasteiger charge is -2.34. The lowest BCUT2D eigenvalue weighted by molar-refractivity contribution is -0.135. The van der Waals surface area contributed by atoms with Gasteiger partial charge in [0, 0.05) is 18.5 Å². The Balaban J connectivity index is 1.37. The predicted molar refractivity (Wildman–Crippen MR) is 210 cm³/mol. The van der Waals surface area contributed by atoms with Crippen LogP contribution in [-0.2, 0) is 33.6 Å². The van der Waals surface area contributed by atoms with Crippen molar-refractivity contribution in [1.82, 2.24) is 29.8 Å². The van der Waals surface area contributed by atoms with Gasteiger partial charge in [-0.1, -0.05) is 146 Å². The van der Waals surface area contributed by atoms with Crippen molar-refractivity contribution < 1.29 is 19.4 Å². The second-order valence-corrected chi connectivity index (χ2v) is 13.9. The van der Waals surface area contributed by atoms with Crippen molar-refractivity contribution in [1.29, 1.82) is 0 Å². The SMILES string of the molecule is CCCc1nc(C(C)(C)O)c(-c2nnn(C(c3ccccc3)(c3ccccc3)c3ccccc3)n2)n1Cc1ccc(-c2ccccc2C(=O)C(=O)OC)cc1. The lowest BCUT2D eigenvalue weighted by Crippen LogP contribution is -2.39. The highest BCUT2D eigenvalue weighted by atomic mass is 16.5. The molecule has 0 amide bonds. The highest BCUT2D eigenvalue weighted by Gasteiger charge is 2.42. The zero-order valence-electron chi connectivity index (χ0n) is 31.3. The van der Waals surface area contributed by atoms with Gasteiger partial charge in [0.15, 0.2) is 5.54 Å². The molecule has 7 rings (SSSR count). The number of carbonyl (C=O) groups excluding carboxylic acids is 2. The Morgan fingerprint density at radius 3 is 1.82 bits per heavy atom. The summed E-state index contributed by atoms with van der Waals surface area (Å²) in [5, 5.41) is 26.3. The third-order valence-electron chi connectivity index (χ3n) is 9.75. The third-order valence-corrected chi connectivity index (χ3v) is 9.75. The van der Waals surface area contributed by atoms with Crippen molar-refractivity contribution in [2.75, 3.05) is 7.11 Å². The molecule has 2 heterocycles. The first-order valence-electron chi connectivity index (χ1n) is 18.3. The minimum absolute atomic E-state index is 0.269. The summed E-state index contributed by atoms with van der Waals surface area (Å²) < 4.78 is 6.77. The first-order valence-corrected chi connectivity index (χ1v) is 18.3. The molecule has 0 aliphatic rings. The summed E-state index contributed by atoms with van der Waals surface area (Å²) in [5.74, 6) is -0.512. The number of esters is 1. The molecular formula is C45H42N6O4. The second-order valence-electron chi connectivity index (χ2n) is 13.9. The van der Waals surface area contributed by atoms with Crippen LogP contribution in [0.2, 0.25) is 0 Å². The van der Waals surface area contributed by atoms with Gasteiger partial charge in [-0.2, -0.15) is 0 Å². The number of tetrazole rings is 1. The zero-order chi connectivity index (χ0) is 38.6. The number of aryl methyl sites for hydroxylation is 1. The number of rotatable bonds is 13. The number of nitrogens with zero attached hydrogens (tertiary/aromatic N) is 6. The first-order chi connectivity index (χ1) is 26.7. The van der Waals surface area contributed by atoms with Gasteiger partial charge in [-0.05, 0) is 58.9 Å². The monoisotopic (exact) mass is 730 g/mol. The molecule has 2 aromatic heterocycles. The molecule has 0 bridgehead atoms. The van der Waals surface area contributed by atoms with Gasteiger partial charge in [0.05, 0.1) is 7.11 Å². The fourth-order valence-corrected chi connectivity index (χ4v) is 7.18. The maximum Gasteiger partial charge on any atom is 0.379 e. The van der Waals surface area contributed by atoms with Crippen molar-refractivity contribution in [3.05, 3.63) is 179 Å². The number of aliphatic hydroxyl groups is 1. The van der Waals surface area contributed by atoms with Crippen molar-refractivity contribution in [3.8, 4) is 22.6 Å². The Morgan fingerprint density at radius 1 is 0.745 bits per heavy atom. The average molecular weight is 731 g/mol. The van der Waals surface area contributed by atoms with Crippen LogP contribution < -0.4 is 0 Å². The van der Waals surface area contributed by atoms with Crippen LogP contribution in [0.15, 0.2) is 140 Å². The quantitative estimate of drug-likeness (QED) is 0.0556. The molecule has 0 unspecified atom stereocenters. The zero-order valence-corrected chi connectivity index (χ0v) is 31.3. The molecule has 0 aliphatic carbocycles. The van der Waals surface area contributed by atoms with E-state index in [-0.39, 0.29) is 5.56 Å². The van der Waals surface area contributed by atoms with Crippen LogP contribution in [0.5, 0.6) is 0 Å². The van der Waals surface area contributed by atoms with Gasteiger partial charge in [0.2, 0.25) is 5.82 Å². The summed E-state index contributed by atoms with van der Waals surface area (Å²) in [6, 6.07) is 45.2. The first kappa shape index (κ1) is 36.8. The number of hydrogen-bond donors (Lipinski definition) is 1. The van der Waals surface area contributed by atoms with Crippen LogP contribution in [0.1, 0.15) is 71.3 Å². The van der Waals surface area contributed by atoms with Crippen LogP contribution in [0.4, 0.5) is 0 Å². The van der Waals surface area contributed by atoms with Gasteiger partial charge in [0.25, 0.3) is 5.78 Å². The summed E-state index contributed by atoms with van der Waals surface area (Å²) in [4.78, 5) is 31.6. The molecule has 10 heteroatoms. The van der Waals surface area contributed by atoms with E-state index < -0.39 is 22.9 Å². The lowest BCUT2D eigenvalue weighted by atomic mass is 9.77. The highest BCUT2D eigenvalue weighted by Crippen LogP contribution is 2.41. The van der Waals surface area contributed by atoms with Crippen molar-refractivity contribution in [2.45, 2.75) is 51.3 Å². The Hall–Kier alpha value is -6.52. The third kappa shape index (κ3) is 7.00. The highest BCUT2D eigenvalue weighted by molar-refractivity contribution is 6.41. The minimum Gasteiger partial charge on any atom is -0.463 e. The van der Waals surface area contributed by atoms with Crippen LogP contribution >= 0.6 is 0 Å². The van der Waals surface area contributed by atoms with E-state index in [0.717, 1.165) is 40.1 Å². The van der Waals surface area contributed by atoms with E-state index >= 15 is 0 Å². The minimum atomic E-state index is -1.33. The van der Waals surface area contributed by atoms with Crippen molar-refractivity contribution >= 4 is 11.8 Å². The van der Waals surface area contributed by atoms with Crippen LogP contribution in [0.25, 0.3) is 22.6 Å². The van der Waals surface area contributed by atoms with E-state index in [4.69, 9.17) is 25.1 Å². The molecule has 276 valence electrons. The smallest absolute Gasteiger partial charge is 0.379 e. The van der Waals surface area contributed by atoms with E-state index in [1.165, 1.54) is 7.11 Å². The Bertz CT molecular complexity index is 2320. The normalized spacial score (nSPS) is 11.7. The Labute approximate surface area is 320 Å². The molecule has 10 nitrogen and oxygen atoms in total. The van der Waals surface area contributed by atoms with E-state index in [9.17, 15) is 14.7 Å². The Kier molecular flexibility index (Phi) is 10.3. The van der Waals surface area contributed by atoms with Gasteiger partial charge in [-0.3, -0.25) is 4.79 Å². The van der Waals surface area contributed by atoms with E-state index in [0.29, 0.717) is 35.7 Å². The summed E-state index contributed by atoms with van der Waals surface area (Å²) in [7, 11) is 1.19. The maximum absolute atomic E-state index is 12.8. The Morgan fingerprint density at radius 2 is 1.29 bits per heavy atom. The fourth-order valence-electron chi connectivity index (χ4n) is 7.18. The molecule has 0 saturated heterocycles. The molecule has 1 N–H and O–H groups in total. The van der Waals surface area contributed by atoms with Crippen LogP contribution in [0.3, 0.4) is 0 Å². The number of Topliss-reactive ketones (excluding diaryl/α,β-unsaturated/α-hetero) is 1. The second kappa shape index (κ2) is 15.5. The van der Waals surface area contributed by atoms with Gasteiger partial charge in [-0.15, -0.1) is 15.0 Å². The predicted octanol–water partition coefficient (Wildman–Crippen LogP) is 7.63. The molecule has 0 saturated carbocycles. The molecule has 0 atom stereocenters. The molecular weight excluding hydrogens is 689 g/mol. The maximum atomic E-state index is 12.8. The van der Waals surface area contributed by atoms with Gasteiger partial charge in [-0.25, -0.2) is 9.78 Å². The number of imidazole rings is 1. The number of methoxy groups -OCH3 is 1. The number of aromatic nitrogens is 6. The average Bonchev–Trinajstić information content (AvgIpc) is 3.85. The largest absolute Gasteiger partial charge is 0.463 e. The molecule has 0 aliphatic heterocycles. The van der Waals surface area contributed by atoms with Gasteiger partial charge < -0.3 is 14.4 Å². The molecule has 55 heavy (non-hydrogen) atoms. The number of ether oxygens (including phenoxy) is 1. The van der Waals surface area contributed by atoms with Gasteiger partial charge in [0.1, 0.15) is 22.8 Å². The fraction of sp³-hybridized carbons (Fsp3) is 0.200. The molecule has 0 radical (unpaired) electrons. The molecule has 5 aromatic carbocycles. The van der Waals surface area contributed by atoms with E-state index in [2.05, 4.69) is 47.9 Å². The van der Waals surface area contributed by atoms with Crippen LogP contribution in [-0.4, -0.2) is 53.7 Å². The summed E-state index contributed by atoms with van der Waals surface area (Å²) in [5.41, 5.74) is 4.18.